The topological polar surface area (TPSA) is 73.6 Å². The van der Waals surface area contributed by atoms with Crippen LogP contribution in [0.2, 0.25) is 0 Å². The molecule has 15 heavy (non-hydrogen) atoms. The average Bonchev–Trinajstić information content (AvgIpc) is 2.65. The van der Waals surface area contributed by atoms with E-state index in [0.717, 1.165) is 25.3 Å². The van der Waals surface area contributed by atoms with E-state index >= 15 is 0 Å². The zero-order valence-corrected chi connectivity index (χ0v) is 9.05. The molecule has 3 N–H and O–H groups in total. The van der Waals surface area contributed by atoms with Gasteiger partial charge in [-0.1, -0.05) is 6.92 Å². The van der Waals surface area contributed by atoms with Crippen LogP contribution in [0.25, 0.3) is 0 Å². The standard InChI is InChI=1S/C10H18N4O/c1-7(8-3-2-4-11-6-8)5-9-12-10(15)14-13-9/h7-8,11H,2-6H2,1H3,(H2,12,13,14,15). The Labute approximate surface area is 88.7 Å². The second-order valence-electron chi connectivity index (χ2n) is 4.41. The Kier molecular flexibility index (Phi) is 3.20. The first-order valence-electron chi connectivity index (χ1n) is 5.60. The molecule has 0 saturated carbocycles. The number of H-pyrrole nitrogens is 2. The van der Waals surface area contributed by atoms with Gasteiger partial charge in [-0.2, -0.15) is 5.10 Å². The lowest BCUT2D eigenvalue weighted by molar-refractivity contribution is 0.276. The van der Waals surface area contributed by atoms with Gasteiger partial charge < -0.3 is 5.32 Å². The van der Waals surface area contributed by atoms with E-state index in [2.05, 4.69) is 27.4 Å². The van der Waals surface area contributed by atoms with E-state index in [1.54, 1.807) is 0 Å². The Morgan fingerprint density at radius 2 is 2.47 bits per heavy atom. The minimum Gasteiger partial charge on any atom is -0.316 e. The van der Waals surface area contributed by atoms with Crippen molar-refractivity contribution in [3.05, 3.63) is 16.3 Å². The Bertz CT molecular complexity index is 350. The van der Waals surface area contributed by atoms with Gasteiger partial charge in [-0.25, -0.2) is 9.89 Å². The first kappa shape index (κ1) is 10.4. The Hall–Kier alpha value is -1.10. The molecule has 2 rings (SSSR count). The molecule has 1 fully saturated rings. The number of rotatable bonds is 3. The maximum atomic E-state index is 10.9. The molecule has 1 aliphatic heterocycles. The molecule has 84 valence electrons. The number of hydrogen-bond acceptors (Lipinski definition) is 3. The Morgan fingerprint density at radius 3 is 3.07 bits per heavy atom. The fourth-order valence-corrected chi connectivity index (χ4v) is 2.24. The van der Waals surface area contributed by atoms with Crippen molar-refractivity contribution in [3.8, 4) is 0 Å². The van der Waals surface area contributed by atoms with Crippen molar-refractivity contribution >= 4 is 0 Å². The highest BCUT2D eigenvalue weighted by atomic mass is 16.1. The summed E-state index contributed by atoms with van der Waals surface area (Å²) in [6.07, 6.45) is 3.39. The van der Waals surface area contributed by atoms with Crippen LogP contribution in [0.4, 0.5) is 0 Å². The van der Waals surface area contributed by atoms with Gasteiger partial charge in [-0.15, -0.1) is 0 Å². The third-order valence-electron chi connectivity index (χ3n) is 3.21. The van der Waals surface area contributed by atoms with E-state index in [1.807, 2.05) is 0 Å². The Balaban J connectivity index is 1.90. The van der Waals surface area contributed by atoms with Gasteiger partial charge in [0.2, 0.25) is 0 Å². The highest BCUT2D eigenvalue weighted by Gasteiger charge is 2.20. The minimum absolute atomic E-state index is 0.209. The number of nitrogens with one attached hydrogen (secondary N) is 3. The van der Waals surface area contributed by atoms with Crippen molar-refractivity contribution in [2.45, 2.75) is 26.2 Å². The van der Waals surface area contributed by atoms with Crippen LogP contribution in [-0.4, -0.2) is 28.3 Å². The summed E-state index contributed by atoms with van der Waals surface area (Å²) in [6.45, 7) is 4.46. The molecule has 1 aromatic rings. The van der Waals surface area contributed by atoms with Crippen molar-refractivity contribution in [1.82, 2.24) is 20.5 Å². The number of nitrogens with zero attached hydrogens (tertiary/aromatic N) is 1. The van der Waals surface area contributed by atoms with Crippen LogP contribution in [0.1, 0.15) is 25.6 Å². The molecule has 0 amide bonds. The summed E-state index contributed by atoms with van der Waals surface area (Å²) in [5.41, 5.74) is -0.209. The Morgan fingerprint density at radius 1 is 1.60 bits per heavy atom. The van der Waals surface area contributed by atoms with E-state index in [0.29, 0.717) is 11.8 Å². The lowest BCUT2D eigenvalue weighted by Crippen LogP contribution is -2.34. The molecule has 2 unspecified atom stereocenters. The van der Waals surface area contributed by atoms with Crippen molar-refractivity contribution in [2.75, 3.05) is 13.1 Å². The van der Waals surface area contributed by atoms with Gasteiger partial charge in [0.05, 0.1) is 0 Å². The smallest absolute Gasteiger partial charge is 0.316 e. The predicted octanol–water partition coefficient (Wildman–Crippen LogP) is 0.276. The van der Waals surface area contributed by atoms with E-state index in [4.69, 9.17) is 0 Å². The summed E-state index contributed by atoms with van der Waals surface area (Å²) in [4.78, 5) is 13.6. The van der Waals surface area contributed by atoms with Crippen LogP contribution in [-0.2, 0) is 6.42 Å². The SMILES string of the molecule is CC(Cc1n[nH]c(=O)[nH]1)C1CCCNC1. The molecule has 1 aromatic heterocycles. The van der Waals surface area contributed by atoms with E-state index < -0.39 is 0 Å². The fourth-order valence-electron chi connectivity index (χ4n) is 2.24. The van der Waals surface area contributed by atoms with E-state index in [9.17, 15) is 4.79 Å². The maximum absolute atomic E-state index is 10.9. The quantitative estimate of drug-likeness (QED) is 0.670. The first-order chi connectivity index (χ1) is 7.25. The zero-order valence-electron chi connectivity index (χ0n) is 9.05. The first-order valence-corrected chi connectivity index (χ1v) is 5.60. The lowest BCUT2D eigenvalue weighted by Gasteiger charge is -2.27. The molecule has 0 spiro atoms. The fraction of sp³-hybridized carbons (Fsp3) is 0.800. The zero-order chi connectivity index (χ0) is 10.7. The summed E-state index contributed by atoms with van der Waals surface area (Å²) in [6, 6.07) is 0. The number of piperidine rings is 1. The van der Waals surface area contributed by atoms with Crippen molar-refractivity contribution < 1.29 is 0 Å². The molecule has 0 aliphatic carbocycles. The molecular formula is C10H18N4O. The van der Waals surface area contributed by atoms with Crippen molar-refractivity contribution in [1.29, 1.82) is 0 Å². The van der Waals surface area contributed by atoms with Gasteiger partial charge in [-0.05, 0) is 37.8 Å². The molecule has 0 bridgehead atoms. The van der Waals surface area contributed by atoms with Gasteiger partial charge in [0, 0.05) is 6.42 Å². The van der Waals surface area contributed by atoms with Gasteiger partial charge >= 0.3 is 5.69 Å². The molecule has 5 nitrogen and oxygen atoms in total. The molecule has 2 heterocycles. The van der Waals surface area contributed by atoms with Crippen molar-refractivity contribution in [2.24, 2.45) is 11.8 Å². The van der Waals surface area contributed by atoms with Crippen LogP contribution >= 0.6 is 0 Å². The predicted molar refractivity (Wildman–Crippen MR) is 57.7 cm³/mol. The van der Waals surface area contributed by atoms with Crippen LogP contribution in [0.15, 0.2) is 4.79 Å². The monoisotopic (exact) mass is 210 g/mol. The summed E-state index contributed by atoms with van der Waals surface area (Å²) < 4.78 is 0. The van der Waals surface area contributed by atoms with Crippen LogP contribution in [0.3, 0.4) is 0 Å². The third-order valence-corrected chi connectivity index (χ3v) is 3.21. The number of aromatic amines is 2. The summed E-state index contributed by atoms with van der Waals surface area (Å²) >= 11 is 0. The highest BCUT2D eigenvalue weighted by Crippen LogP contribution is 2.21. The normalized spacial score (nSPS) is 23.9. The van der Waals surface area contributed by atoms with Gasteiger partial charge in [0.25, 0.3) is 0 Å². The summed E-state index contributed by atoms with van der Waals surface area (Å²) in [5, 5.41) is 9.74. The van der Waals surface area contributed by atoms with E-state index in [-0.39, 0.29) is 5.69 Å². The molecule has 5 heteroatoms. The number of aromatic nitrogens is 3. The lowest BCUT2D eigenvalue weighted by atomic mass is 9.85. The molecule has 2 atom stereocenters. The third kappa shape index (κ3) is 2.68. The second-order valence-corrected chi connectivity index (χ2v) is 4.41. The van der Waals surface area contributed by atoms with Crippen LogP contribution in [0, 0.1) is 11.8 Å². The van der Waals surface area contributed by atoms with Crippen LogP contribution < -0.4 is 11.0 Å². The molecule has 1 saturated heterocycles. The molecule has 0 radical (unpaired) electrons. The van der Waals surface area contributed by atoms with Crippen molar-refractivity contribution in [3.63, 3.8) is 0 Å². The second kappa shape index (κ2) is 4.61. The van der Waals surface area contributed by atoms with Gasteiger partial charge in [0.1, 0.15) is 5.82 Å². The largest absolute Gasteiger partial charge is 0.340 e. The molecular weight excluding hydrogens is 192 g/mol. The highest BCUT2D eigenvalue weighted by molar-refractivity contribution is 4.86. The maximum Gasteiger partial charge on any atom is 0.340 e. The number of hydrogen-bond donors (Lipinski definition) is 3. The molecule has 1 aliphatic rings. The van der Waals surface area contributed by atoms with Gasteiger partial charge in [0.15, 0.2) is 0 Å². The summed E-state index contributed by atoms with van der Waals surface area (Å²) in [5.74, 6) is 2.05. The minimum atomic E-state index is -0.209. The van der Waals surface area contributed by atoms with E-state index in [1.165, 1.54) is 12.8 Å². The molecule has 0 aromatic carbocycles. The van der Waals surface area contributed by atoms with Crippen LogP contribution in [0.5, 0.6) is 0 Å². The average molecular weight is 210 g/mol. The van der Waals surface area contributed by atoms with Gasteiger partial charge in [-0.3, -0.25) is 4.98 Å². The summed E-state index contributed by atoms with van der Waals surface area (Å²) in [7, 11) is 0.